The lowest BCUT2D eigenvalue weighted by Gasteiger charge is -2.31. The molecule has 0 saturated heterocycles. The Bertz CT molecular complexity index is 570. The fourth-order valence-corrected chi connectivity index (χ4v) is 2.36. The van der Waals surface area contributed by atoms with Crippen LogP contribution in [0, 0.1) is 0 Å². The number of amides is 1. The fourth-order valence-electron chi connectivity index (χ4n) is 2.36. The van der Waals surface area contributed by atoms with Crippen molar-refractivity contribution in [3.63, 3.8) is 0 Å². The first kappa shape index (κ1) is 13.1. The Labute approximate surface area is 112 Å². The van der Waals surface area contributed by atoms with Crippen molar-refractivity contribution in [3.8, 4) is 0 Å². The van der Waals surface area contributed by atoms with Crippen LogP contribution in [0.5, 0.6) is 0 Å². The van der Waals surface area contributed by atoms with Gasteiger partial charge in [-0.15, -0.1) is 0 Å². The van der Waals surface area contributed by atoms with Gasteiger partial charge in [0.15, 0.2) is 5.69 Å². The van der Waals surface area contributed by atoms with Crippen LogP contribution in [-0.2, 0) is 19.1 Å². The number of aromatic nitrogens is 2. The molecule has 108 valence electrons. The first-order valence-electron chi connectivity index (χ1n) is 6.29. The van der Waals surface area contributed by atoms with E-state index in [1.165, 1.54) is 0 Å². The van der Waals surface area contributed by atoms with Crippen LogP contribution in [0.1, 0.15) is 41.5 Å². The number of carboxylic acid groups (broad SMARTS) is 1. The maximum Gasteiger partial charge on any atom is 0.433 e. The number of rotatable bonds is 1. The minimum atomic E-state index is -4.54. The summed E-state index contributed by atoms with van der Waals surface area (Å²) in [5, 5.41) is 10.8. The van der Waals surface area contributed by atoms with E-state index in [1.54, 1.807) is 0 Å². The zero-order valence-electron chi connectivity index (χ0n) is 10.4. The molecule has 1 aliphatic carbocycles. The molecule has 0 N–H and O–H groups in total. The molecule has 0 bridgehead atoms. The second-order valence-corrected chi connectivity index (χ2v) is 5.07. The van der Waals surface area contributed by atoms with Gasteiger partial charge in [-0.05, 0) is 19.3 Å². The molecular formula is C12H11F3N3O2-. The van der Waals surface area contributed by atoms with E-state index >= 15 is 0 Å². The first-order valence-corrected chi connectivity index (χ1v) is 6.29. The van der Waals surface area contributed by atoms with E-state index in [0.29, 0.717) is 0 Å². The number of alkyl halides is 3. The maximum atomic E-state index is 13.1. The Kier molecular flexibility index (Phi) is 2.84. The highest BCUT2D eigenvalue weighted by Gasteiger charge is 2.40. The molecule has 0 unspecified atom stereocenters. The van der Waals surface area contributed by atoms with Crippen molar-refractivity contribution in [2.24, 2.45) is 0 Å². The molecule has 3 rings (SSSR count). The summed E-state index contributed by atoms with van der Waals surface area (Å²) >= 11 is 0. The third-order valence-corrected chi connectivity index (χ3v) is 3.55. The van der Waals surface area contributed by atoms with E-state index in [9.17, 15) is 23.1 Å². The number of carbonyl (C=O) groups is 1. The molecule has 1 aromatic heterocycles. The minimum absolute atomic E-state index is 0.0133. The molecule has 1 fully saturated rings. The van der Waals surface area contributed by atoms with Crippen LogP contribution in [0.2, 0.25) is 0 Å². The van der Waals surface area contributed by atoms with Gasteiger partial charge in [-0.2, -0.15) is 13.2 Å². The molecule has 0 aromatic carbocycles. The minimum Gasteiger partial charge on any atom is -0.530 e. The maximum absolute atomic E-state index is 13.1. The summed E-state index contributed by atoms with van der Waals surface area (Å²) in [6.45, 7) is -0.187. The van der Waals surface area contributed by atoms with Crippen LogP contribution in [0.25, 0.3) is 0 Å². The van der Waals surface area contributed by atoms with Crippen molar-refractivity contribution in [2.75, 3.05) is 6.54 Å². The van der Waals surface area contributed by atoms with Gasteiger partial charge in [0.1, 0.15) is 11.9 Å². The van der Waals surface area contributed by atoms with Gasteiger partial charge in [0.05, 0.1) is 12.2 Å². The summed E-state index contributed by atoms with van der Waals surface area (Å²) < 4.78 is 39.2. The van der Waals surface area contributed by atoms with E-state index in [1.807, 2.05) is 0 Å². The summed E-state index contributed by atoms with van der Waals surface area (Å²) in [5.41, 5.74) is -0.744. The second-order valence-electron chi connectivity index (χ2n) is 5.07. The van der Waals surface area contributed by atoms with Crippen LogP contribution in [0.15, 0.2) is 0 Å². The molecule has 2 aliphatic rings. The highest BCUT2D eigenvalue weighted by atomic mass is 19.4. The van der Waals surface area contributed by atoms with Crippen molar-refractivity contribution in [3.05, 3.63) is 22.8 Å². The number of hydrogen-bond donors (Lipinski definition) is 0. The quantitative estimate of drug-likeness (QED) is 0.774. The van der Waals surface area contributed by atoms with E-state index in [4.69, 9.17) is 0 Å². The van der Waals surface area contributed by atoms with E-state index in [-0.39, 0.29) is 42.5 Å². The predicted octanol–water partition coefficient (Wildman–Crippen LogP) is 1.07. The normalized spacial score (nSPS) is 18.9. The van der Waals surface area contributed by atoms with Crippen molar-refractivity contribution in [1.29, 1.82) is 0 Å². The molecule has 0 radical (unpaired) electrons. The van der Waals surface area contributed by atoms with Crippen molar-refractivity contribution in [2.45, 2.75) is 37.9 Å². The van der Waals surface area contributed by atoms with Crippen molar-refractivity contribution < 1.29 is 23.1 Å². The highest BCUT2D eigenvalue weighted by Crippen LogP contribution is 2.41. The summed E-state index contributed by atoms with van der Waals surface area (Å²) in [4.78, 5) is 19.6. The summed E-state index contributed by atoms with van der Waals surface area (Å²) in [5.74, 6) is 0.149. The monoisotopic (exact) mass is 286 g/mol. The Balaban J connectivity index is 2.06. The molecule has 5 nitrogen and oxygen atoms in total. The lowest BCUT2D eigenvalue weighted by Crippen LogP contribution is -2.44. The number of nitrogens with zero attached hydrogens (tertiary/aromatic N) is 3. The topological polar surface area (TPSA) is 69.2 Å². The summed E-state index contributed by atoms with van der Waals surface area (Å²) in [6.07, 6.45) is -4.42. The highest BCUT2D eigenvalue weighted by molar-refractivity contribution is 5.63. The largest absolute Gasteiger partial charge is 0.530 e. The Morgan fingerprint density at radius 1 is 1.30 bits per heavy atom. The van der Waals surface area contributed by atoms with Crippen LogP contribution in [-0.4, -0.2) is 27.5 Å². The molecule has 8 heteroatoms. The molecule has 0 spiro atoms. The van der Waals surface area contributed by atoms with Gasteiger partial charge in [0.25, 0.3) is 0 Å². The van der Waals surface area contributed by atoms with Crippen LogP contribution < -0.4 is 5.11 Å². The third kappa shape index (κ3) is 2.30. The Morgan fingerprint density at radius 3 is 2.55 bits per heavy atom. The summed E-state index contributed by atoms with van der Waals surface area (Å²) in [6, 6.07) is 0. The van der Waals surface area contributed by atoms with Crippen LogP contribution >= 0.6 is 0 Å². The number of fused-ring (bicyclic) bond motifs is 1. The van der Waals surface area contributed by atoms with Gasteiger partial charge in [0.2, 0.25) is 0 Å². The third-order valence-electron chi connectivity index (χ3n) is 3.55. The van der Waals surface area contributed by atoms with Gasteiger partial charge in [-0.3, -0.25) is 0 Å². The molecule has 20 heavy (non-hydrogen) atoms. The molecule has 1 saturated carbocycles. The van der Waals surface area contributed by atoms with Gasteiger partial charge < -0.3 is 14.8 Å². The lowest BCUT2D eigenvalue weighted by atomic mass is 10.0. The number of carbonyl (C=O) groups excluding carboxylic acids is 1. The lowest BCUT2D eigenvalue weighted by molar-refractivity contribution is -0.266. The molecule has 1 amide bonds. The first-order chi connectivity index (χ1) is 9.36. The molecular weight excluding hydrogens is 275 g/mol. The standard InChI is InChI=1S/C12H12F3N3O2/c13-12(14,15)9-7-3-4-18(11(19)20)5-8(7)16-10(17-9)6-1-2-6/h6H,1-5H2,(H,19,20)/p-1. The SMILES string of the molecule is O=C([O-])N1CCc2c(nc(C3CC3)nc2C(F)(F)F)C1. The van der Waals surface area contributed by atoms with E-state index in [0.717, 1.165) is 17.7 Å². The van der Waals surface area contributed by atoms with Gasteiger partial charge in [-0.25, -0.2) is 9.97 Å². The number of hydrogen-bond acceptors (Lipinski definition) is 4. The summed E-state index contributed by atoms with van der Waals surface area (Å²) in [7, 11) is 0. The smallest absolute Gasteiger partial charge is 0.433 e. The zero-order chi connectivity index (χ0) is 14.5. The number of halogens is 3. The van der Waals surface area contributed by atoms with Crippen molar-refractivity contribution in [1.82, 2.24) is 14.9 Å². The Morgan fingerprint density at radius 2 is 2.00 bits per heavy atom. The molecule has 1 aliphatic heterocycles. The molecule has 0 atom stereocenters. The second kappa shape index (κ2) is 4.32. The Hall–Kier alpha value is -1.86. The van der Waals surface area contributed by atoms with Gasteiger partial charge >= 0.3 is 6.18 Å². The van der Waals surface area contributed by atoms with Crippen LogP contribution in [0.3, 0.4) is 0 Å². The molecule has 1 aromatic rings. The molecule has 2 heterocycles. The van der Waals surface area contributed by atoms with Gasteiger partial charge in [-0.1, -0.05) is 0 Å². The van der Waals surface area contributed by atoms with Gasteiger partial charge in [0, 0.05) is 18.0 Å². The average molecular weight is 286 g/mol. The average Bonchev–Trinajstić information content (AvgIpc) is 3.19. The van der Waals surface area contributed by atoms with E-state index in [2.05, 4.69) is 9.97 Å². The van der Waals surface area contributed by atoms with E-state index < -0.39 is 18.0 Å². The zero-order valence-corrected chi connectivity index (χ0v) is 10.4. The fraction of sp³-hybridized carbons (Fsp3) is 0.583. The predicted molar refractivity (Wildman–Crippen MR) is 58.5 cm³/mol. The van der Waals surface area contributed by atoms with Crippen molar-refractivity contribution >= 4 is 6.09 Å². The van der Waals surface area contributed by atoms with Crippen LogP contribution in [0.4, 0.5) is 18.0 Å².